The van der Waals surface area contributed by atoms with Gasteiger partial charge >= 0.3 is 0 Å². The second-order valence-corrected chi connectivity index (χ2v) is 2.07. The Morgan fingerprint density at radius 3 is 1.70 bits per heavy atom. The fraction of sp³-hybridized carbons (Fsp3) is 0.714. The standard InChI is InChI=1S/C5H6O2.C2H6O/c6-4-1-2-5(7)3-4;1-2-3/h1-3H2;3H,2H2,1H3. The van der Waals surface area contributed by atoms with Crippen LogP contribution >= 0.6 is 0 Å². The second kappa shape index (κ2) is 5.11. The van der Waals surface area contributed by atoms with Crippen LogP contribution in [-0.2, 0) is 9.59 Å². The molecule has 10 heavy (non-hydrogen) atoms. The Morgan fingerprint density at radius 2 is 1.60 bits per heavy atom. The summed E-state index contributed by atoms with van der Waals surface area (Å²) < 4.78 is 0. The summed E-state index contributed by atoms with van der Waals surface area (Å²) in [7, 11) is 0. The van der Waals surface area contributed by atoms with Crippen molar-refractivity contribution in [2.45, 2.75) is 26.2 Å². The maximum atomic E-state index is 10.2. The third-order valence-corrected chi connectivity index (χ3v) is 1.08. The molecule has 58 valence electrons. The quantitative estimate of drug-likeness (QED) is 0.498. The molecule has 0 aromatic carbocycles. The number of carbonyl (C=O) groups is 2. The van der Waals surface area contributed by atoms with Crippen LogP contribution in [0.2, 0.25) is 0 Å². The van der Waals surface area contributed by atoms with Crippen LogP contribution in [0.1, 0.15) is 26.2 Å². The lowest BCUT2D eigenvalue weighted by Gasteiger charge is -1.71. The zero-order valence-electron chi connectivity index (χ0n) is 6.09. The first kappa shape index (κ1) is 9.30. The summed E-state index contributed by atoms with van der Waals surface area (Å²) in [5.74, 6) is 0.204. The first-order valence-corrected chi connectivity index (χ1v) is 3.35. The van der Waals surface area contributed by atoms with E-state index in [1.54, 1.807) is 6.92 Å². The van der Waals surface area contributed by atoms with Gasteiger partial charge in [0.15, 0.2) is 0 Å². The van der Waals surface area contributed by atoms with E-state index in [1.165, 1.54) is 0 Å². The zero-order chi connectivity index (χ0) is 7.98. The highest BCUT2D eigenvalue weighted by molar-refractivity contribution is 6.05. The maximum absolute atomic E-state index is 10.2. The van der Waals surface area contributed by atoms with E-state index in [0.29, 0.717) is 12.8 Å². The molecule has 0 aromatic heterocycles. The highest BCUT2D eigenvalue weighted by Crippen LogP contribution is 2.07. The molecule has 0 atom stereocenters. The van der Waals surface area contributed by atoms with Crippen molar-refractivity contribution in [1.82, 2.24) is 0 Å². The topological polar surface area (TPSA) is 54.4 Å². The summed E-state index contributed by atoms with van der Waals surface area (Å²) in [6.07, 6.45) is 1.16. The molecule has 1 N–H and O–H groups in total. The number of ketones is 2. The smallest absolute Gasteiger partial charge is 0.140 e. The Kier molecular flexibility index (Phi) is 4.76. The molecule has 0 bridgehead atoms. The van der Waals surface area contributed by atoms with Gasteiger partial charge in [-0.25, -0.2) is 0 Å². The molecule has 1 aliphatic rings. The van der Waals surface area contributed by atoms with Gasteiger partial charge in [-0.05, 0) is 6.92 Å². The molecule has 1 aliphatic carbocycles. The summed E-state index contributed by atoms with van der Waals surface area (Å²) in [4.78, 5) is 20.5. The van der Waals surface area contributed by atoms with Crippen LogP contribution in [0.25, 0.3) is 0 Å². The van der Waals surface area contributed by atoms with Gasteiger partial charge in [-0.15, -0.1) is 0 Å². The minimum absolute atomic E-state index is 0.102. The molecule has 0 unspecified atom stereocenters. The van der Waals surface area contributed by atoms with E-state index < -0.39 is 0 Å². The van der Waals surface area contributed by atoms with Gasteiger partial charge in [0, 0.05) is 19.4 Å². The Hall–Kier alpha value is -0.700. The number of rotatable bonds is 0. The van der Waals surface area contributed by atoms with Crippen LogP contribution in [0.5, 0.6) is 0 Å². The van der Waals surface area contributed by atoms with E-state index in [1.807, 2.05) is 0 Å². The lowest BCUT2D eigenvalue weighted by molar-refractivity contribution is -0.121. The third-order valence-electron chi connectivity index (χ3n) is 1.08. The lowest BCUT2D eigenvalue weighted by atomic mass is 10.3. The Balaban J connectivity index is 0.000000236. The third kappa shape index (κ3) is 4.21. The Labute approximate surface area is 60.0 Å². The van der Waals surface area contributed by atoms with Gasteiger partial charge < -0.3 is 5.11 Å². The van der Waals surface area contributed by atoms with Gasteiger partial charge in [0.25, 0.3) is 0 Å². The summed E-state index contributed by atoms with van der Waals surface area (Å²) in [6.45, 7) is 1.93. The van der Waals surface area contributed by atoms with Gasteiger partial charge in [-0.2, -0.15) is 0 Å². The van der Waals surface area contributed by atoms with Crippen LogP contribution in [0.3, 0.4) is 0 Å². The first-order valence-electron chi connectivity index (χ1n) is 3.35. The largest absolute Gasteiger partial charge is 0.397 e. The molecular weight excluding hydrogens is 132 g/mol. The maximum Gasteiger partial charge on any atom is 0.140 e. The van der Waals surface area contributed by atoms with Crippen molar-refractivity contribution in [3.8, 4) is 0 Å². The van der Waals surface area contributed by atoms with Crippen molar-refractivity contribution in [3.05, 3.63) is 0 Å². The van der Waals surface area contributed by atoms with Crippen molar-refractivity contribution in [2.24, 2.45) is 0 Å². The summed E-state index contributed by atoms with van der Waals surface area (Å²) in [6, 6.07) is 0. The van der Waals surface area contributed by atoms with Crippen molar-refractivity contribution in [2.75, 3.05) is 6.61 Å². The molecule has 0 amide bonds. The Morgan fingerprint density at radius 1 is 1.30 bits per heavy atom. The number of aliphatic hydroxyl groups is 1. The number of hydrogen-bond donors (Lipinski definition) is 1. The molecule has 0 aliphatic heterocycles. The summed E-state index contributed by atoms with van der Waals surface area (Å²) in [5, 5.41) is 7.57. The van der Waals surface area contributed by atoms with Gasteiger partial charge in [0.05, 0.1) is 6.42 Å². The molecule has 0 aromatic rings. The van der Waals surface area contributed by atoms with Crippen molar-refractivity contribution in [1.29, 1.82) is 0 Å². The molecule has 3 heteroatoms. The van der Waals surface area contributed by atoms with E-state index in [-0.39, 0.29) is 24.6 Å². The van der Waals surface area contributed by atoms with Gasteiger partial charge in [-0.1, -0.05) is 0 Å². The number of aliphatic hydroxyl groups excluding tert-OH is 1. The van der Waals surface area contributed by atoms with Crippen molar-refractivity contribution in [3.63, 3.8) is 0 Å². The van der Waals surface area contributed by atoms with Gasteiger partial charge in [0.2, 0.25) is 0 Å². The Bertz CT molecular complexity index is 115. The van der Waals surface area contributed by atoms with Crippen LogP contribution in [0.4, 0.5) is 0 Å². The normalized spacial score (nSPS) is 16.6. The monoisotopic (exact) mass is 144 g/mol. The van der Waals surface area contributed by atoms with E-state index in [4.69, 9.17) is 5.11 Å². The molecule has 3 nitrogen and oxygen atoms in total. The molecule has 0 spiro atoms. The van der Waals surface area contributed by atoms with E-state index in [0.717, 1.165) is 0 Å². The van der Waals surface area contributed by atoms with Crippen LogP contribution in [-0.4, -0.2) is 23.3 Å². The highest BCUT2D eigenvalue weighted by Gasteiger charge is 2.17. The highest BCUT2D eigenvalue weighted by atomic mass is 16.2. The lowest BCUT2D eigenvalue weighted by Crippen LogP contribution is -1.88. The van der Waals surface area contributed by atoms with Gasteiger partial charge in [0.1, 0.15) is 11.6 Å². The fourth-order valence-corrected chi connectivity index (χ4v) is 0.676. The zero-order valence-corrected chi connectivity index (χ0v) is 6.09. The SMILES string of the molecule is CCO.O=C1CCC(=O)C1. The number of Topliss-reactive ketones (excluding diaryl/α,β-unsaturated/α-hetero) is 2. The molecule has 0 heterocycles. The van der Waals surface area contributed by atoms with E-state index in [9.17, 15) is 9.59 Å². The predicted molar refractivity (Wildman–Crippen MR) is 36.6 cm³/mol. The van der Waals surface area contributed by atoms with Crippen LogP contribution < -0.4 is 0 Å². The second-order valence-electron chi connectivity index (χ2n) is 2.07. The minimum Gasteiger partial charge on any atom is -0.397 e. The average molecular weight is 144 g/mol. The van der Waals surface area contributed by atoms with Gasteiger partial charge in [-0.3, -0.25) is 9.59 Å². The molecule has 1 saturated carbocycles. The minimum atomic E-state index is 0.102. The number of hydrogen-bond acceptors (Lipinski definition) is 3. The molecule has 0 saturated heterocycles. The average Bonchev–Trinajstić information content (AvgIpc) is 2.17. The van der Waals surface area contributed by atoms with Crippen LogP contribution in [0.15, 0.2) is 0 Å². The predicted octanol–water partition coefficient (Wildman–Crippen LogP) is 0.307. The summed E-state index contributed by atoms with van der Waals surface area (Å²) >= 11 is 0. The molecule has 0 radical (unpaired) electrons. The number of carbonyl (C=O) groups excluding carboxylic acids is 2. The van der Waals surface area contributed by atoms with E-state index >= 15 is 0 Å². The fourth-order valence-electron chi connectivity index (χ4n) is 0.676. The first-order chi connectivity index (χ1) is 4.70. The van der Waals surface area contributed by atoms with Crippen LogP contribution in [0, 0.1) is 0 Å². The molecular formula is C7H12O3. The van der Waals surface area contributed by atoms with Crippen molar-refractivity contribution < 1.29 is 14.7 Å². The molecule has 1 fully saturated rings. The molecule has 1 rings (SSSR count). The van der Waals surface area contributed by atoms with E-state index in [2.05, 4.69) is 0 Å². The van der Waals surface area contributed by atoms with Crippen molar-refractivity contribution >= 4 is 11.6 Å². The summed E-state index contributed by atoms with van der Waals surface area (Å²) in [5.41, 5.74) is 0.